The van der Waals surface area contributed by atoms with Crippen molar-refractivity contribution >= 4 is 6.03 Å². The second kappa shape index (κ2) is 6.76. The third kappa shape index (κ3) is 3.59. The molecule has 2 aliphatic rings. The molecule has 7 nitrogen and oxygen atoms in total. The molecule has 2 heterocycles. The molecular weight excluding hydrogens is 294 g/mol. The first kappa shape index (κ1) is 16.1. The predicted molar refractivity (Wildman–Crippen MR) is 87.4 cm³/mol. The summed E-state index contributed by atoms with van der Waals surface area (Å²) in [4.78, 5) is 26.1. The molecule has 1 aromatic heterocycles. The molecule has 1 aliphatic heterocycles. The average molecular weight is 321 g/mol. The number of amides is 2. The maximum absolute atomic E-state index is 12.2. The van der Waals surface area contributed by atoms with Crippen molar-refractivity contribution in [3.8, 4) is 0 Å². The van der Waals surface area contributed by atoms with E-state index in [2.05, 4.69) is 17.3 Å². The lowest BCUT2D eigenvalue weighted by Gasteiger charge is -2.25. The first-order valence-corrected chi connectivity index (χ1v) is 8.75. The molecule has 0 bridgehead atoms. The van der Waals surface area contributed by atoms with Crippen molar-refractivity contribution in [2.24, 2.45) is 5.92 Å². The lowest BCUT2D eigenvalue weighted by atomic mass is 10.2. The van der Waals surface area contributed by atoms with Crippen LogP contribution in [0.5, 0.6) is 0 Å². The molecule has 0 aromatic carbocycles. The van der Waals surface area contributed by atoms with Gasteiger partial charge in [-0.3, -0.25) is 4.57 Å². The van der Waals surface area contributed by atoms with Crippen LogP contribution in [0, 0.1) is 5.92 Å². The SMILES string of the molecule is CC(C1CC1)N(C)C(=O)NCCCn1nc2n(c1=O)CCCC2. The van der Waals surface area contributed by atoms with Gasteiger partial charge in [0.2, 0.25) is 0 Å². The number of urea groups is 1. The van der Waals surface area contributed by atoms with Gasteiger partial charge in [-0.05, 0) is 44.9 Å². The first-order chi connectivity index (χ1) is 11.1. The average Bonchev–Trinajstić information content (AvgIpc) is 3.36. The summed E-state index contributed by atoms with van der Waals surface area (Å²) in [5.74, 6) is 1.57. The summed E-state index contributed by atoms with van der Waals surface area (Å²) in [5.41, 5.74) is -0.00880. The van der Waals surface area contributed by atoms with Crippen molar-refractivity contribution < 1.29 is 4.79 Å². The monoisotopic (exact) mass is 321 g/mol. The van der Waals surface area contributed by atoms with Gasteiger partial charge in [-0.2, -0.15) is 5.10 Å². The van der Waals surface area contributed by atoms with E-state index in [1.54, 1.807) is 14.1 Å². The van der Waals surface area contributed by atoms with E-state index in [1.165, 1.54) is 12.8 Å². The van der Waals surface area contributed by atoms with Gasteiger partial charge in [0.15, 0.2) is 0 Å². The van der Waals surface area contributed by atoms with Crippen LogP contribution in [0.1, 0.15) is 44.9 Å². The summed E-state index contributed by atoms with van der Waals surface area (Å²) in [6.07, 6.45) is 6.23. The van der Waals surface area contributed by atoms with Crippen molar-refractivity contribution in [2.45, 2.75) is 64.6 Å². The molecule has 1 unspecified atom stereocenters. The molecule has 3 rings (SSSR count). The third-order valence-electron chi connectivity index (χ3n) is 5.09. The van der Waals surface area contributed by atoms with Crippen LogP contribution in [-0.4, -0.2) is 44.9 Å². The van der Waals surface area contributed by atoms with Gasteiger partial charge < -0.3 is 10.2 Å². The lowest BCUT2D eigenvalue weighted by Crippen LogP contribution is -2.43. The van der Waals surface area contributed by atoms with Crippen LogP contribution < -0.4 is 11.0 Å². The minimum absolute atomic E-state index is 0.00880. The number of carbonyl (C=O) groups excluding carboxylic acids is 1. The number of rotatable bonds is 6. The Morgan fingerprint density at radius 2 is 2.22 bits per heavy atom. The Balaban J connectivity index is 1.44. The van der Waals surface area contributed by atoms with Crippen LogP contribution in [0.4, 0.5) is 4.79 Å². The molecule has 23 heavy (non-hydrogen) atoms. The van der Waals surface area contributed by atoms with E-state index in [-0.39, 0.29) is 11.7 Å². The van der Waals surface area contributed by atoms with E-state index in [9.17, 15) is 9.59 Å². The Bertz CT molecular complexity index is 616. The molecule has 2 amide bonds. The molecule has 0 radical (unpaired) electrons. The fourth-order valence-electron chi connectivity index (χ4n) is 3.22. The molecule has 0 spiro atoms. The van der Waals surface area contributed by atoms with E-state index in [1.807, 2.05) is 7.05 Å². The van der Waals surface area contributed by atoms with Crippen molar-refractivity contribution in [3.05, 3.63) is 16.3 Å². The highest BCUT2D eigenvalue weighted by Crippen LogP contribution is 2.34. The van der Waals surface area contributed by atoms with Gasteiger partial charge >= 0.3 is 11.7 Å². The fraction of sp³-hybridized carbons (Fsp3) is 0.812. The Kier molecular flexibility index (Phi) is 4.73. The zero-order valence-electron chi connectivity index (χ0n) is 14.1. The first-order valence-electron chi connectivity index (χ1n) is 8.75. The maximum Gasteiger partial charge on any atom is 0.345 e. The molecule has 1 aliphatic carbocycles. The highest BCUT2D eigenvalue weighted by atomic mass is 16.2. The van der Waals surface area contributed by atoms with E-state index < -0.39 is 0 Å². The summed E-state index contributed by atoms with van der Waals surface area (Å²) in [6, 6.07) is 0.276. The van der Waals surface area contributed by atoms with Crippen molar-refractivity contribution in [1.82, 2.24) is 24.6 Å². The molecular formula is C16H27N5O2. The van der Waals surface area contributed by atoms with Gasteiger partial charge in [0.05, 0.1) is 0 Å². The molecule has 128 valence electrons. The standard InChI is InChI=1S/C16H27N5O2/c1-12(13-7-8-13)19(2)15(22)17-9-5-11-21-16(23)20-10-4-3-6-14(20)18-21/h12-13H,3-11H2,1-2H3,(H,17,22). The Morgan fingerprint density at radius 3 is 2.91 bits per heavy atom. The second-order valence-corrected chi connectivity index (χ2v) is 6.81. The third-order valence-corrected chi connectivity index (χ3v) is 5.09. The van der Waals surface area contributed by atoms with Crippen LogP contribution >= 0.6 is 0 Å². The van der Waals surface area contributed by atoms with Crippen LogP contribution in [0.3, 0.4) is 0 Å². The largest absolute Gasteiger partial charge is 0.345 e. The molecule has 1 atom stereocenters. The second-order valence-electron chi connectivity index (χ2n) is 6.81. The number of hydrogen-bond donors (Lipinski definition) is 1. The zero-order valence-corrected chi connectivity index (χ0v) is 14.1. The van der Waals surface area contributed by atoms with E-state index >= 15 is 0 Å². The van der Waals surface area contributed by atoms with E-state index in [0.717, 1.165) is 31.6 Å². The van der Waals surface area contributed by atoms with Crippen molar-refractivity contribution in [1.29, 1.82) is 0 Å². The molecule has 1 saturated carbocycles. The number of fused-ring (bicyclic) bond motifs is 1. The highest BCUT2D eigenvalue weighted by Gasteiger charge is 2.32. The van der Waals surface area contributed by atoms with Gasteiger partial charge in [0.1, 0.15) is 5.82 Å². The number of nitrogens with zero attached hydrogens (tertiary/aromatic N) is 4. The predicted octanol–water partition coefficient (Wildman–Crippen LogP) is 1.21. The zero-order chi connectivity index (χ0) is 16.4. The van der Waals surface area contributed by atoms with Gasteiger partial charge in [0, 0.05) is 39.1 Å². The Morgan fingerprint density at radius 1 is 1.43 bits per heavy atom. The van der Waals surface area contributed by atoms with Crippen LogP contribution in [0.2, 0.25) is 0 Å². The number of hydrogen-bond acceptors (Lipinski definition) is 3. The molecule has 1 aromatic rings. The fourth-order valence-corrected chi connectivity index (χ4v) is 3.22. The van der Waals surface area contributed by atoms with Gasteiger partial charge in [0.25, 0.3) is 0 Å². The summed E-state index contributed by atoms with van der Waals surface area (Å²) >= 11 is 0. The number of aryl methyl sites for hydroxylation is 2. The van der Waals surface area contributed by atoms with E-state index in [0.29, 0.717) is 31.5 Å². The molecule has 0 saturated heterocycles. The minimum Gasteiger partial charge on any atom is -0.338 e. The molecule has 7 heteroatoms. The summed E-state index contributed by atoms with van der Waals surface area (Å²) in [7, 11) is 1.85. The van der Waals surface area contributed by atoms with Gasteiger partial charge in [-0.25, -0.2) is 14.3 Å². The van der Waals surface area contributed by atoms with Crippen LogP contribution in [0.15, 0.2) is 4.79 Å². The van der Waals surface area contributed by atoms with Crippen LogP contribution in [-0.2, 0) is 19.5 Å². The summed E-state index contributed by atoms with van der Waals surface area (Å²) < 4.78 is 3.33. The number of aromatic nitrogens is 3. The van der Waals surface area contributed by atoms with Gasteiger partial charge in [-0.1, -0.05) is 0 Å². The summed E-state index contributed by atoms with van der Waals surface area (Å²) in [5, 5.41) is 7.34. The Hall–Kier alpha value is -1.79. The topological polar surface area (TPSA) is 72.2 Å². The Labute approximate surface area is 136 Å². The van der Waals surface area contributed by atoms with Crippen molar-refractivity contribution in [3.63, 3.8) is 0 Å². The normalized spacial score (nSPS) is 18.3. The van der Waals surface area contributed by atoms with Gasteiger partial charge in [-0.15, -0.1) is 0 Å². The molecule has 1 fully saturated rings. The van der Waals surface area contributed by atoms with Crippen molar-refractivity contribution in [2.75, 3.05) is 13.6 Å². The minimum atomic E-state index is -0.0270. The van der Waals surface area contributed by atoms with E-state index in [4.69, 9.17) is 0 Å². The van der Waals surface area contributed by atoms with Crippen LogP contribution in [0.25, 0.3) is 0 Å². The quantitative estimate of drug-likeness (QED) is 0.801. The highest BCUT2D eigenvalue weighted by molar-refractivity contribution is 5.74. The smallest absolute Gasteiger partial charge is 0.338 e. The molecule has 1 N–H and O–H groups in total. The number of nitrogens with one attached hydrogen (secondary N) is 1. The maximum atomic E-state index is 12.2. The summed E-state index contributed by atoms with van der Waals surface area (Å²) in [6.45, 7) is 4.01. The lowest BCUT2D eigenvalue weighted by molar-refractivity contribution is 0.187. The number of carbonyl (C=O) groups is 1.